The van der Waals surface area contributed by atoms with E-state index in [0.29, 0.717) is 44.6 Å². The van der Waals surface area contributed by atoms with Gasteiger partial charge in [-0.1, -0.05) is 0 Å². The summed E-state index contributed by atoms with van der Waals surface area (Å²) < 4.78 is 19.6. The lowest BCUT2D eigenvalue weighted by Gasteiger charge is -2.34. The summed E-state index contributed by atoms with van der Waals surface area (Å²) in [5, 5.41) is 15.1. The van der Waals surface area contributed by atoms with Crippen LogP contribution in [-0.2, 0) is 14.2 Å². The van der Waals surface area contributed by atoms with Gasteiger partial charge in [0.15, 0.2) is 12.1 Å². The van der Waals surface area contributed by atoms with Gasteiger partial charge in [0, 0.05) is 44.2 Å². The number of hydrogen-bond acceptors (Lipinski definition) is 8. The van der Waals surface area contributed by atoms with Crippen LogP contribution in [0.25, 0.3) is 16.7 Å². The number of rotatable bonds is 6. The van der Waals surface area contributed by atoms with Gasteiger partial charge in [-0.2, -0.15) is 5.10 Å². The van der Waals surface area contributed by atoms with Crippen molar-refractivity contribution < 1.29 is 24.1 Å². The van der Waals surface area contributed by atoms with Crippen molar-refractivity contribution in [2.24, 2.45) is 0 Å². The number of hydrogen-bond donors (Lipinski definition) is 1. The van der Waals surface area contributed by atoms with E-state index in [1.54, 1.807) is 0 Å². The normalized spacial score (nSPS) is 22.6. The van der Waals surface area contributed by atoms with Gasteiger partial charge < -0.3 is 29.1 Å². The molecule has 214 valence electrons. The first-order chi connectivity index (χ1) is 19.4. The van der Waals surface area contributed by atoms with E-state index in [4.69, 9.17) is 29.3 Å². The van der Waals surface area contributed by atoms with E-state index in [1.165, 1.54) is 16.0 Å². The Morgan fingerprint density at radius 1 is 1.02 bits per heavy atom. The number of fused-ring (bicyclic) bond motifs is 1. The van der Waals surface area contributed by atoms with E-state index < -0.39 is 6.09 Å². The molecule has 0 aliphatic carbocycles. The van der Waals surface area contributed by atoms with Crippen molar-refractivity contribution in [3.8, 4) is 5.82 Å². The maximum atomic E-state index is 11.4. The van der Waals surface area contributed by atoms with E-state index in [1.807, 2.05) is 23.9 Å². The molecule has 11 heteroatoms. The van der Waals surface area contributed by atoms with Gasteiger partial charge in [0.05, 0.1) is 31.0 Å². The fourth-order valence-corrected chi connectivity index (χ4v) is 6.10. The summed E-state index contributed by atoms with van der Waals surface area (Å²) in [6.07, 6.45) is 5.66. The van der Waals surface area contributed by atoms with Crippen LogP contribution in [0.3, 0.4) is 0 Å². The van der Waals surface area contributed by atoms with Crippen LogP contribution in [0.4, 0.5) is 10.6 Å². The Hall–Kier alpha value is -3.28. The zero-order valence-corrected chi connectivity index (χ0v) is 23.3. The Morgan fingerprint density at radius 2 is 1.85 bits per heavy atom. The number of carbonyl (C=O) groups is 1. The monoisotopic (exact) mass is 550 g/mol. The molecule has 2 aromatic heterocycles. The first-order valence-electron chi connectivity index (χ1n) is 14.4. The van der Waals surface area contributed by atoms with E-state index in [-0.39, 0.29) is 12.4 Å². The second-order valence-electron chi connectivity index (χ2n) is 11.1. The Bertz CT molecular complexity index is 1350. The number of aryl methyl sites for hydroxylation is 2. The molecule has 3 aliphatic heterocycles. The number of nitrogens with zero attached hydrogens (tertiary/aromatic N) is 6. The number of ether oxygens (including phenoxy) is 3. The largest absolute Gasteiger partial charge is 0.465 e. The maximum absolute atomic E-state index is 11.4. The van der Waals surface area contributed by atoms with Crippen molar-refractivity contribution >= 4 is 22.8 Å². The molecule has 5 heterocycles. The van der Waals surface area contributed by atoms with Crippen LogP contribution in [0.15, 0.2) is 24.4 Å². The van der Waals surface area contributed by atoms with E-state index >= 15 is 0 Å². The molecule has 6 rings (SSSR count). The highest BCUT2D eigenvalue weighted by molar-refractivity contribution is 5.82. The number of amides is 1. The molecule has 1 unspecified atom stereocenters. The quantitative estimate of drug-likeness (QED) is 0.486. The molecule has 40 heavy (non-hydrogen) atoms. The summed E-state index contributed by atoms with van der Waals surface area (Å²) in [5.41, 5.74) is 3.45. The molecular formula is C29H38N6O5. The smallest absolute Gasteiger partial charge is 0.407 e. The highest BCUT2D eigenvalue weighted by Crippen LogP contribution is 2.33. The summed E-state index contributed by atoms with van der Waals surface area (Å²) in [7, 11) is 0. The molecular weight excluding hydrogens is 512 g/mol. The van der Waals surface area contributed by atoms with Crippen LogP contribution in [0.2, 0.25) is 0 Å². The number of carboxylic acid groups (broad SMARTS) is 1. The highest BCUT2D eigenvalue weighted by Gasteiger charge is 2.27. The molecule has 1 N–H and O–H groups in total. The predicted molar refractivity (Wildman–Crippen MR) is 149 cm³/mol. The molecule has 3 fully saturated rings. The highest BCUT2D eigenvalue weighted by atomic mass is 16.7. The van der Waals surface area contributed by atoms with Gasteiger partial charge in [-0.25, -0.2) is 19.4 Å². The van der Waals surface area contributed by atoms with Crippen molar-refractivity contribution in [1.82, 2.24) is 24.6 Å². The van der Waals surface area contributed by atoms with Crippen LogP contribution in [-0.4, -0.2) is 94.2 Å². The van der Waals surface area contributed by atoms with Gasteiger partial charge in [0.2, 0.25) is 0 Å². The molecule has 0 radical (unpaired) electrons. The Labute approximate surface area is 234 Å². The first kappa shape index (κ1) is 26.9. The molecule has 3 aliphatic rings. The number of likely N-dealkylation sites (tertiary alicyclic amines) is 1. The first-order valence-corrected chi connectivity index (χ1v) is 14.4. The Morgan fingerprint density at radius 3 is 2.62 bits per heavy atom. The summed E-state index contributed by atoms with van der Waals surface area (Å²) in [5.74, 6) is 2.57. The van der Waals surface area contributed by atoms with Crippen LogP contribution in [0.5, 0.6) is 0 Å². The van der Waals surface area contributed by atoms with Crippen molar-refractivity contribution in [2.45, 2.75) is 64.3 Å². The summed E-state index contributed by atoms with van der Waals surface area (Å²) in [6.45, 7) is 8.44. The second-order valence-corrected chi connectivity index (χ2v) is 11.1. The molecule has 0 bridgehead atoms. The average molecular weight is 551 g/mol. The van der Waals surface area contributed by atoms with Crippen molar-refractivity contribution in [3.05, 3.63) is 41.3 Å². The average Bonchev–Trinajstić information content (AvgIpc) is 3.39. The van der Waals surface area contributed by atoms with E-state index in [9.17, 15) is 9.90 Å². The SMILES string of the molecule is Cc1nc(N2CCO[C@@H](COC3CCCCO3)C2)cc(-n2ncc3cc(C)c(C4CCN(C(=O)O)CC4)cc32)n1. The molecule has 3 saturated heterocycles. The third-order valence-corrected chi connectivity index (χ3v) is 8.26. The third-order valence-electron chi connectivity index (χ3n) is 8.26. The standard InChI is InChI=1S/C29H38N6O5/c1-19-13-22-16-30-35(25(22)14-24(19)21-6-8-33(9-7-21)29(36)37)27-15-26(31-20(2)32-27)34-10-12-38-23(17-34)18-40-28-5-3-4-11-39-28/h13-16,21,23,28H,3-12,17-18H2,1-2H3,(H,36,37)/t23-,28?/m1/s1. The van der Waals surface area contributed by atoms with E-state index in [0.717, 1.165) is 67.8 Å². The molecule has 3 aromatic rings. The number of aromatic nitrogens is 4. The minimum absolute atomic E-state index is 0.0541. The molecule has 11 nitrogen and oxygen atoms in total. The fourth-order valence-electron chi connectivity index (χ4n) is 6.10. The van der Waals surface area contributed by atoms with Crippen LogP contribution < -0.4 is 4.90 Å². The molecule has 2 atom stereocenters. The van der Waals surface area contributed by atoms with Crippen molar-refractivity contribution in [3.63, 3.8) is 0 Å². The second kappa shape index (κ2) is 11.7. The molecule has 0 spiro atoms. The van der Waals surface area contributed by atoms with Crippen LogP contribution in [0, 0.1) is 13.8 Å². The number of morpholine rings is 1. The number of anilines is 1. The Kier molecular flexibility index (Phi) is 7.86. The van der Waals surface area contributed by atoms with Crippen molar-refractivity contribution in [1.29, 1.82) is 0 Å². The minimum Gasteiger partial charge on any atom is -0.465 e. The Balaban J connectivity index is 1.21. The van der Waals surface area contributed by atoms with Crippen LogP contribution in [0.1, 0.15) is 55.0 Å². The topological polar surface area (TPSA) is 115 Å². The lowest BCUT2D eigenvalue weighted by molar-refractivity contribution is -0.180. The van der Waals surface area contributed by atoms with Crippen molar-refractivity contribution in [2.75, 3.05) is 50.9 Å². The molecule has 1 amide bonds. The van der Waals surface area contributed by atoms with Gasteiger partial charge in [0.1, 0.15) is 11.6 Å². The molecule has 0 saturated carbocycles. The number of piperidine rings is 1. The summed E-state index contributed by atoms with van der Waals surface area (Å²) in [6, 6.07) is 6.39. The summed E-state index contributed by atoms with van der Waals surface area (Å²) >= 11 is 0. The zero-order chi connectivity index (χ0) is 27.6. The van der Waals surface area contributed by atoms with Gasteiger partial charge in [0.25, 0.3) is 0 Å². The predicted octanol–water partition coefficient (Wildman–Crippen LogP) is 4.04. The van der Waals surface area contributed by atoms with Gasteiger partial charge in [-0.15, -0.1) is 0 Å². The lowest BCUT2D eigenvalue weighted by Crippen LogP contribution is -2.45. The minimum atomic E-state index is -0.837. The zero-order valence-electron chi connectivity index (χ0n) is 23.3. The maximum Gasteiger partial charge on any atom is 0.407 e. The molecule has 1 aromatic carbocycles. The summed E-state index contributed by atoms with van der Waals surface area (Å²) in [4.78, 5) is 24.6. The van der Waals surface area contributed by atoms with Gasteiger partial charge >= 0.3 is 6.09 Å². The lowest BCUT2D eigenvalue weighted by atomic mass is 9.86. The van der Waals surface area contributed by atoms with Crippen LogP contribution >= 0.6 is 0 Å². The van der Waals surface area contributed by atoms with Gasteiger partial charge in [-0.05, 0) is 75.1 Å². The number of benzene rings is 1. The fraction of sp³-hybridized carbons (Fsp3) is 0.586. The van der Waals surface area contributed by atoms with E-state index in [2.05, 4.69) is 24.0 Å². The third kappa shape index (κ3) is 5.77. The van der Waals surface area contributed by atoms with Gasteiger partial charge in [-0.3, -0.25) is 0 Å².